The molecule has 0 amide bonds. The number of rotatable bonds is 6. The van der Waals surface area contributed by atoms with Gasteiger partial charge in [0, 0.05) is 12.7 Å². The Labute approximate surface area is 186 Å². The van der Waals surface area contributed by atoms with Crippen LogP contribution in [0.4, 0.5) is 0 Å². The van der Waals surface area contributed by atoms with Crippen LogP contribution in [0.15, 0.2) is 42.6 Å². The molecule has 3 N–H and O–H groups in total. The van der Waals surface area contributed by atoms with Crippen LogP contribution in [0.25, 0.3) is 0 Å². The Morgan fingerprint density at radius 1 is 1.19 bits per heavy atom. The van der Waals surface area contributed by atoms with Gasteiger partial charge >= 0.3 is 0 Å². The fraction of sp³-hybridized carbons (Fsp3) is 0.593. The quantitative estimate of drug-likeness (QED) is 0.587. The van der Waals surface area contributed by atoms with Gasteiger partial charge in [-0.1, -0.05) is 19.1 Å². The predicted molar refractivity (Wildman–Crippen MR) is 123 cm³/mol. The highest BCUT2D eigenvalue weighted by Crippen LogP contribution is 2.62. The van der Waals surface area contributed by atoms with Crippen molar-refractivity contribution in [2.75, 3.05) is 6.54 Å². The molecule has 2 saturated carbocycles. The standard InChI is InChI=1S/C27H36N2O2/c1-27-12-11-23-22-10-8-21(30)15-18(22)7-9-24(23)25(27)16-19(26(27)31)5-4-13-28-17-20-6-2-3-14-29-20/h2-3,6,8,10,14-15,19,23-26,28,30-31H,4-5,7,9,11-13,16-17H2,1H3/t19?,23?,24?,25?,26-,27-/m0/s1. The maximum atomic E-state index is 11.3. The van der Waals surface area contributed by atoms with Crippen molar-refractivity contribution in [1.82, 2.24) is 10.3 Å². The fourth-order valence-corrected chi connectivity index (χ4v) is 7.21. The van der Waals surface area contributed by atoms with Gasteiger partial charge in [0.1, 0.15) is 5.75 Å². The molecule has 3 aliphatic carbocycles. The molecule has 5 rings (SSSR count). The molecule has 0 aliphatic heterocycles. The van der Waals surface area contributed by atoms with Gasteiger partial charge in [-0.05, 0) is 116 Å². The van der Waals surface area contributed by atoms with Crippen molar-refractivity contribution in [3.8, 4) is 5.75 Å². The van der Waals surface area contributed by atoms with Crippen molar-refractivity contribution < 1.29 is 10.2 Å². The van der Waals surface area contributed by atoms with Crippen LogP contribution in [0.1, 0.15) is 68.2 Å². The van der Waals surface area contributed by atoms with Crippen molar-refractivity contribution in [3.63, 3.8) is 0 Å². The van der Waals surface area contributed by atoms with Gasteiger partial charge in [0.25, 0.3) is 0 Å². The molecule has 4 unspecified atom stereocenters. The van der Waals surface area contributed by atoms with Crippen LogP contribution in [0.2, 0.25) is 0 Å². The van der Waals surface area contributed by atoms with E-state index >= 15 is 0 Å². The lowest BCUT2D eigenvalue weighted by Gasteiger charge is -2.50. The molecule has 1 aromatic heterocycles. The molecular formula is C27H36N2O2. The molecule has 0 bridgehead atoms. The topological polar surface area (TPSA) is 65.4 Å². The van der Waals surface area contributed by atoms with Gasteiger partial charge in [0.15, 0.2) is 0 Å². The highest BCUT2D eigenvalue weighted by Gasteiger charge is 2.57. The minimum Gasteiger partial charge on any atom is -0.508 e. The minimum absolute atomic E-state index is 0.0711. The number of aromatic nitrogens is 1. The summed E-state index contributed by atoms with van der Waals surface area (Å²) < 4.78 is 0. The molecule has 1 aromatic carbocycles. The summed E-state index contributed by atoms with van der Waals surface area (Å²) in [6, 6.07) is 12.0. The van der Waals surface area contributed by atoms with Crippen LogP contribution < -0.4 is 5.32 Å². The van der Waals surface area contributed by atoms with Crippen molar-refractivity contribution in [3.05, 3.63) is 59.4 Å². The van der Waals surface area contributed by atoms with Gasteiger partial charge in [-0.3, -0.25) is 4.98 Å². The van der Waals surface area contributed by atoms with E-state index in [1.807, 2.05) is 30.5 Å². The molecule has 166 valence electrons. The number of aryl methyl sites for hydroxylation is 1. The third-order valence-corrected chi connectivity index (χ3v) is 8.79. The number of phenols is 1. The van der Waals surface area contributed by atoms with Crippen LogP contribution in [0.5, 0.6) is 5.75 Å². The molecule has 0 spiro atoms. The first-order chi connectivity index (χ1) is 15.1. The molecule has 31 heavy (non-hydrogen) atoms. The zero-order valence-corrected chi connectivity index (χ0v) is 18.6. The third-order valence-electron chi connectivity index (χ3n) is 8.79. The lowest BCUT2D eigenvalue weighted by atomic mass is 9.55. The summed E-state index contributed by atoms with van der Waals surface area (Å²) in [7, 11) is 0. The molecule has 6 atom stereocenters. The van der Waals surface area contributed by atoms with E-state index in [1.54, 1.807) is 0 Å². The van der Waals surface area contributed by atoms with Gasteiger partial charge in [-0.2, -0.15) is 0 Å². The number of nitrogens with zero attached hydrogens (tertiary/aromatic N) is 1. The van der Waals surface area contributed by atoms with E-state index in [4.69, 9.17) is 0 Å². The van der Waals surface area contributed by atoms with Crippen LogP contribution in [-0.2, 0) is 13.0 Å². The lowest BCUT2D eigenvalue weighted by Crippen LogP contribution is -2.44. The van der Waals surface area contributed by atoms with Crippen LogP contribution >= 0.6 is 0 Å². The van der Waals surface area contributed by atoms with E-state index in [-0.39, 0.29) is 11.5 Å². The summed E-state index contributed by atoms with van der Waals surface area (Å²) in [6.45, 7) is 4.15. The normalized spacial score (nSPS) is 34.1. The van der Waals surface area contributed by atoms with Gasteiger partial charge < -0.3 is 15.5 Å². The van der Waals surface area contributed by atoms with Gasteiger partial charge in [-0.15, -0.1) is 0 Å². The van der Waals surface area contributed by atoms with Crippen molar-refractivity contribution in [2.24, 2.45) is 23.2 Å². The summed E-state index contributed by atoms with van der Waals surface area (Å²) in [5, 5.41) is 24.7. The fourth-order valence-electron chi connectivity index (χ4n) is 7.21. The molecule has 4 heteroatoms. The maximum Gasteiger partial charge on any atom is 0.115 e. The zero-order valence-electron chi connectivity index (χ0n) is 18.6. The first-order valence-electron chi connectivity index (χ1n) is 12.2. The lowest BCUT2D eigenvalue weighted by molar-refractivity contribution is -0.0334. The van der Waals surface area contributed by atoms with Gasteiger partial charge in [-0.25, -0.2) is 0 Å². The smallest absolute Gasteiger partial charge is 0.115 e. The molecule has 0 radical (unpaired) electrons. The average molecular weight is 421 g/mol. The van der Waals surface area contributed by atoms with Crippen molar-refractivity contribution in [2.45, 2.75) is 70.4 Å². The predicted octanol–water partition coefficient (Wildman–Crippen LogP) is 4.80. The van der Waals surface area contributed by atoms with E-state index in [2.05, 4.69) is 29.4 Å². The Morgan fingerprint density at radius 3 is 2.94 bits per heavy atom. The van der Waals surface area contributed by atoms with E-state index in [1.165, 1.54) is 30.4 Å². The van der Waals surface area contributed by atoms with Crippen LogP contribution in [0, 0.1) is 23.2 Å². The number of phenolic OH excluding ortho intramolecular Hbond substituents is 1. The summed E-state index contributed by atoms with van der Waals surface area (Å²) in [4.78, 5) is 4.37. The Balaban J connectivity index is 1.20. The van der Waals surface area contributed by atoms with E-state index in [0.29, 0.717) is 29.4 Å². The van der Waals surface area contributed by atoms with E-state index in [9.17, 15) is 10.2 Å². The van der Waals surface area contributed by atoms with Gasteiger partial charge in [0.2, 0.25) is 0 Å². The zero-order chi connectivity index (χ0) is 21.4. The number of pyridine rings is 1. The SMILES string of the molecule is C[C@]12CCC3c4ccc(O)cc4CCC3C1CC(CCCNCc1ccccn1)[C@@H]2O. The number of nitrogens with one attached hydrogen (secondary N) is 1. The monoisotopic (exact) mass is 420 g/mol. The number of benzene rings is 1. The Kier molecular flexibility index (Phi) is 5.78. The Morgan fingerprint density at radius 2 is 2.10 bits per heavy atom. The molecule has 2 aromatic rings. The first kappa shape index (κ1) is 21.0. The molecule has 0 saturated heterocycles. The summed E-state index contributed by atoms with van der Waals surface area (Å²) in [6.07, 6.45) is 9.61. The highest BCUT2D eigenvalue weighted by molar-refractivity contribution is 5.40. The number of aliphatic hydroxyl groups is 1. The second kappa shape index (κ2) is 8.55. The molecular weight excluding hydrogens is 384 g/mol. The van der Waals surface area contributed by atoms with Crippen molar-refractivity contribution in [1.29, 1.82) is 0 Å². The molecule has 1 heterocycles. The van der Waals surface area contributed by atoms with E-state index < -0.39 is 0 Å². The Hall–Kier alpha value is -1.91. The molecule has 2 fully saturated rings. The van der Waals surface area contributed by atoms with Gasteiger partial charge in [0.05, 0.1) is 11.8 Å². The minimum atomic E-state index is -0.171. The largest absolute Gasteiger partial charge is 0.508 e. The highest BCUT2D eigenvalue weighted by atomic mass is 16.3. The van der Waals surface area contributed by atoms with E-state index in [0.717, 1.165) is 44.5 Å². The second-order valence-corrected chi connectivity index (χ2v) is 10.4. The number of aromatic hydroxyl groups is 1. The molecule has 4 nitrogen and oxygen atoms in total. The summed E-state index contributed by atoms with van der Waals surface area (Å²) in [5.41, 5.74) is 3.97. The van der Waals surface area contributed by atoms with Crippen molar-refractivity contribution >= 4 is 0 Å². The number of hydrogen-bond acceptors (Lipinski definition) is 4. The van der Waals surface area contributed by atoms with Crippen LogP contribution in [0.3, 0.4) is 0 Å². The number of hydrogen-bond donors (Lipinski definition) is 3. The third kappa shape index (κ3) is 3.89. The van der Waals surface area contributed by atoms with Crippen LogP contribution in [-0.4, -0.2) is 27.8 Å². The maximum absolute atomic E-state index is 11.3. The average Bonchev–Trinajstić information content (AvgIpc) is 3.04. The molecule has 3 aliphatic rings. The number of fused-ring (bicyclic) bond motifs is 5. The first-order valence-corrected chi connectivity index (χ1v) is 12.2. The Bertz CT molecular complexity index is 901. The summed E-state index contributed by atoms with van der Waals surface area (Å²) >= 11 is 0. The second-order valence-electron chi connectivity index (χ2n) is 10.4. The number of aliphatic hydroxyl groups excluding tert-OH is 1. The summed E-state index contributed by atoms with van der Waals surface area (Å²) in [5.74, 6) is 2.72.